The van der Waals surface area contributed by atoms with Gasteiger partial charge in [0, 0.05) is 26.2 Å². The van der Waals surface area contributed by atoms with Gasteiger partial charge < -0.3 is 20.4 Å². The highest BCUT2D eigenvalue weighted by atomic mass is 35.5. The SMILES string of the molecule is CN1CCC2(CCNC2)C1.CN1CCC2(CCNC2)C1.Cl.Cl. The lowest BCUT2D eigenvalue weighted by atomic mass is 9.87. The molecule has 0 aromatic rings. The van der Waals surface area contributed by atoms with Crippen molar-refractivity contribution in [3.8, 4) is 0 Å². The summed E-state index contributed by atoms with van der Waals surface area (Å²) < 4.78 is 0. The molecule has 0 aromatic carbocycles. The third kappa shape index (κ3) is 4.71. The fourth-order valence-electron chi connectivity index (χ4n) is 4.61. The van der Waals surface area contributed by atoms with Crippen LogP contribution in [0.25, 0.3) is 0 Å². The average molecular weight is 353 g/mol. The summed E-state index contributed by atoms with van der Waals surface area (Å²) in [5, 5.41) is 6.90. The largest absolute Gasteiger partial charge is 0.316 e. The standard InChI is InChI=1S/2C8H16N2.2ClH/c2*1-10-5-3-8(7-10)2-4-9-6-8;;/h2*9H,2-7H2,1H3;2*1H. The number of hydrogen-bond donors (Lipinski definition) is 2. The molecule has 22 heavy (non-hydrogen) atoms. The molecule has 2 unspecified atom stereocenters. The van der Waals surface area contributed by atoms with Crippen LogP contribution in [0.2, 0.25) is 0 Å². The maximum Gasteiger partial charge on any atom is 0.00481 e. The number of hydrogen-bond acceptors (Lipinski definition) is 4. The molecule has 4 rings (SSSR count). The fraction of sp³-hybridized carbons (Fsp3) is 1.00. The van der Waals surface area contributed by atoms with E-state index in [1.165, 1.54) is 78.0 Å². The summed E-state index contributed by atoms with van der Waals surface area (Å²) >= 11 is 0. The molecule has 0 aromatic heterocycles. The summed E-state index contributed by atoms with van der Waals surface area (Å²) in [5.74, 6) is 0. The molecule has 0 bridgehead atoms. The molecule has 4 aliphatic heterocycles. The van der Waals surface area contributed by atoms with Gasteiger partial charge in [-0.2, -0.15) is 0 Å². The highest BCUT2D eigenvalue weighted by molar-refractivity contribution is 5.85. The number of halogens is 2. The van der Waals surface area contributed by atoms with E-state index in [-0.39, 0.29) is 24.8 Å². The third-order valence-electron chi connectivity index (χ3n) is 5.92. The minimum Gasteiger partial charge on any atom is -0.316 e. The van der Waals surface area contributed by atoms with Crippen molar-refractivity contribution in [1.82, 2.24) is 20.4 Å². The van der Waals surface area contributed by atoms with E-state index >= 15 is 0 Å². The Balaban J connectivity index is 0.000000202. The van der Waals surface area contributed by atoms with Gasteiger partial charge in [0.2, 0.25) is 0 Å². The van der Waals surface area contributed by atoms with Crippen molar-refractivity contribution >= 4 is 24.8 Å². The second-order valence-corrected chi connectivity index (χ2v) is 7.83. The van der Waals surface area contributed by atoms with Crippen LogP contribution < -0.4 is 10.6 Å². The first-order valence-electron chi connectivity index (χ1n) is 8.40. The smallest absolute Gasteiger partial charge is 0.00481 e. The fourth-order valence-corrected chi connectivity index (χ4v) is 4.61. The summed E-state index contributed by atoms with van der Waals surface area (Å²) in [6, 6.07) is 0. The Morgan fingerprint density at radius 1 is 0.682 bits per heavy atom. The molecular weight excluding hydrogens is 319 g/mol. The van der Waals surface area contributed by atoms with Gasteiger partial charge in [-0.1, -0.05) is 0 Å². The lowest BCUT2D eigenvalue weighted by molar-refractivity contribution is 0.309. The van der Waals surface area contributed by atoms with E-state index < -0.39 is 0 Å². The van der Waals surface area contributed by atoms with Crippen LogP contribution in [-0.2, 0) is 0 Å². The van der Waals surface area contributed by atoms with Gasteiger partial charge in [-0.25, -0.2) is 0 Å². The van der Waals surface area contributed by atoms with Crippen LogP contribution in [0.3, 0.4) is 0 Å². The monoisotopic (exact) mass is 352 g/mol. The molecule has 0 saturated carbocycles. The van der Waals surface area contributed by atoms with Crippen molar-refractivity contribution in [2.45, 2.75) is 25.7 Å². The van der Waals surface area contributed by atoms with Crippen LogP contribution in [0.1, 0.15) is 25.7 Å². The van der Waals surface area contributed by atoms with Crippen LogP contribution >= 0.6 is 24.8 Å². The third-order valence-corrected chi connectivity index (χ3v) is 5.92. The van der Waals surface area contributed by atoms with Gasteiger partial charge in [0.25, 0.3) is 0 Å². The van der Waals surface area contributed by atoms with E-state index in [2.05, 4.69) is 34.5 Å². The van der Waals surface area contributed by atoms with Gasteiger partial charge in [-0.15, -0.1) is 24.8 Å². The van der Waals surface area contributed by atoms with Crippen LogP contribution in [0.5, 0.6) is 0 Å². The zero-order valence-corrected chi connectivity index (χ0v) is 15.8. The zero-order chi connectivity index (χ0) is 14.1. The molecular formula is C16H34Cl2N4. The van der Waals surface area contributed by atoms with Crippen LogP contribution in [0, 0.1) is 10.8 Å². The van der Waals surface area contributed by atoms with E-state index in [4.69, 9.17) is 0 Å². The predicted molar refractivity (Wildman–Crippen MR) is 98.6 cm³/mol. The van der Waals surface area contributed by atoms with Crippen molar-refractivity contribution in [3.63, 3.8) is 0 Å². The molecule has 0 radical (unpaired) electrons. The summed E-state index contributed by atoms with van der Waals surface area (Å²) in [7, 11) is 4.46. The number of nitrogens with one attached hydrogen (secondary N) is 2. The lowest BCUT2D eigenvalue weighted by Gasteiger charge is -2.20. The topological polar surface area (TPSA) is 30.5 Å². The van der Waals surface area contributed by atoms with E-state index in [1.54, 1.807) is 0 Å². The molecule has 6 heteroatoms. The number of likely N-dealkylation sites (tertiary alicyclic amines) is 2. The van der Waals surface area contributed by atoms with E-state index in [9.17, 15) is 0 Å². The summed E-state index contributed by atoms with van der Waals surface area (Å²) in [5.41, 5.74) is 1.35. The summed E-state index contributed by atoms with van der Waals surface area (Å²) in [6.07, 6.45) is 5.63. The second-order valence-electron chi connectivity index (χ2n) is 7.83. The molecule has 4 aliphatic rings. The first-order chi connectivity index (χ1) is 9.62. The Labute approximate surface area is 148 Å². The minimum absolute atomic E-state index is 0. The summed E-state index contributed by atoms with van der Waals surface area (Å²) in [6.45, 7) is 10.3. The first-order valence-corrected chi connectivity index (χ1v) is 8.40. The normalized spacial score (nSPS) is 37.9. The lowest BCUT2D eigenvalue weighted by Crippen LogP contribution is -2.27. The quantitative estimate of drug-likeness (QED) is 0.690. The molecule has 4 saturated heterocycles. The molecule has 2 spiro atoms. The Morgan fingerprint density at radius 2 is 1.09 bits per heavy atom. The van der Waals surface area contributed by atoms with Crippen molar-refractivity contribution in [3.05, 3.63) is 0 Å². The van der Waals surface area contributed by atoms with Gasteiger partial charge in [0.1, 0.15) is 0 Å². The van der Waals surface area contributed by atoms with Crippen molar-refractivity contribution in [2.24, 2.45) is 10.8 Å². The van der Waals surface area contributed by atoms with Gasteiger partial charge >= 0.3 is 0 Å². The molecule has 0 amide bonds. The maximum absolute atomic E-state index is 3.45. The average Bonchev–Trinajstić information content (AvgIpc) is 3.17. The predicted octanol–water partition coefficient (Wildman–Crippen LogP) is 1.45. The van der Waals surface area contributed by atoms with Crippen LogP contribution in [-0.4, -0.2) is 76.3 Å². The van der Waals surface area contributed by atoms with Crippen LogP contribution in [0.15, 0.2) is 0 Å². The van der Waals surface area contributed by atoms with Crippen molar-refractivity contribution in [2.75, 3.05) is 66.5 Å². The molecule has 4 nitrogen and oxygen atoms in total. The molecule has 0 aliphatic carbocycles. The van der Waals surface area contributed by atoms with Crippen molar-refractivity contribution < 1.29 is 0 Å². The van der Waals surface area contributed by atoms with E-state index in [0.29, 0.717) is 10.8 Å². The van der Waals surface area contributed by atoms with Gasteiger partial charge in [0.15, 0.2) is 0 Å². The first kappa shape index (κ1) is 20.5. The highest BCUT2D eigenvalue weighted by Gasteiger charge is 2.39. The minimum atomic E-state index is 0. The Hall–Kier alpha value is 0.420. The Bertz CT molecular complexity index is 296. The second kappa shape index (κ2) is 8.50. The highest BCUT2D eigenvalue weighted by Crippen LogP contribution is 2.35. The van der Waals surface area contributed by atoms with Crippen molar-refractivity contribution in [1.29, 1.82) is 0 Å². The summed E-state index contributed by atoms with van der Waals surface area (Å²) in [4.78, 5) is 4.90. The van der Waals surface area contributed by atoms with E-state index in [0.717, 1.165) is 0 Å². The van der Waals surface area contributed by atoms with Crippen LogP contribution in [0.4, 0.5) is 0 Å². The molecule has 2 atom stereocenters. The van der Waals surface area contributed by atoms with Gasteiger partial charge in [-0.05, 0) is 76.8 Å². The number of nitrogens with zero attached hydrogens (tertiary/aromatic N) is 2. The molecule has 4 fully saturated rings. The molecule has 2 N–H and O–H groups in total. The maximum atomic E-state index is 3.45. The van der Waals surface area contributed by atoms with Gasteiger partial charge in [-0.3, -0.25) is 0 Å². The Kier molecular flexibility index (Phi) is 7.90. The Morgan fingerprint density at radius 3 is 1.32 bits per heavy atom. The zero-order valence-electron chi connectivity index (χ0n) is 14.2. The number of rotatable bonds is 0. The molecule has 132 valence electrons. The molecule has 4 heterocycles. The van der Waals surface area contributed by atoms with Gasteiger partial charge in [0.05, 0.1) is 0 Å². The van der Waals surface area contributed by atoms with E-state index in [1.807, 2.05) is 0 Å².